The highest BCUT2D eigenvalue weighted by Gasteiger charge is 2.15. The smallest absolute Gasteiger partial charge is 0.0464 e. The van der Waals surface area contributed by atoms with E-state index in [-0.39, 0.29) is 0 Å². The van der Waals surface area contributed by atoms with Crippen molar-refractivity contribution in [2.75, 3.05) is 45.8 Å². The largest absolute Gasteiger partial charge is 0.372 e. The molecule has 52 heavy (non-hydrogen) atoms. The first-order chi connectivity index (χ1) is 25.6. The van der Waals surface area contributed by atoms with E-state index in [4.69, 9.17) is 0 Å². The van der Waals surface area contributed by atoms with Crippen LogP contribution in [0.2, 0.25) is 0 Å². The van der Waals surface area contributed by atoms with E-state index in [1.807, 2.05) is 0 Å². The van der Waals surface area contributed by atoms with E-state index in [0.717, 1.165) is 63.2 Å². The molecule has 0 aliphatic rings. The van der Waals surface area contributed by atoms with Crippen LogP contribution in [-0.4, -0.2) is 26.2 Å². The first kappa shape index (κ1) is 36.3. The SMILES string of the molecule is CCN(CC)c1ccc(N(c2ccc(N(CC)CC)cc2)c2cccc(CCCCc3ccc(N(c4ccccc4)c4ccccc4)cc3)c2)cc1. The fourth-order valence-electron chi connectivity index (χ4n) is 7.17. The highest BCUT2D eigenvalue weighted by atomic mass is 15.2. The maximum absolute atomic E-state index is 2.40. The summed E-state index contributed by atoms with van der Waals surface area (Å²) in [4.78, 5) is 9.51. The van der Waals surface area contributed by atoms with Crippen LogP contribution in [0, 0.1) is 0 Å². The highest BCUT2D eigenvalue weighted by Crippen LogP contribution is 2.37. The molecule has 0 radical (unpaired) electrons. The lowest BCUT2D eigenvalue weighted by molar-refractivity contribution is 0.734. The fraction of sp³-hybridized carbons (Fsp3) is 0.250. The third-order valence-corrected chi connectivity index (χ3v) is 10.0. The van der Waals surface area contributed by atoms with Crippen molar-refractivity contribution in [2.45, 2.75) is 53.4 Å². The van der Waals surface area contributed by atoms with E-state index in [1.54, 1.807) is 0 Å². The minimum absolute atomic E-state index is 1.00. The Balaban J connectivity index is 1.15. The van der Waals surface area contributed by atoms with Gasteiger partial charge in [-0.25, -0.2) is 0 Å². The number of hydrogen-bond donors (Lipinski definition) is 0. The molecule has 4 nitrogen and oxygen atoms in total. The standard InChI is InChI=1S/C48H54N4/c1-5-49(6-2)41-30-34-46(35-31-41)52(47-36-32-42(33-37-47)50(7-3)8-4)48-25-17-20-40(38-48)19-16-15-18-39-26-28-45(29-27-39)51(43-21-11-9-12-22-43)44-23-13-10-14-24-44/h9-14,17,20-38H,5-8,15-16,18-19H2,1-4H3. The molecule has 0 heterocycles. The number of anilines is 8. The molecule has 0 bridgehead atoms. The summed E-state index contributed by atoms with van der Waals surface area (Å²) in [6.45, 7) is 12.9. The van der Waals surface area contributed by atoms with Gasteiger partial charge in [-0.05, 0) is 162 Å². The second-order valence-electron chi connectivity index (χ2n) is 13.3. The van der Waals surface area contributed by atoms with Gasteiger partial charge < -0.3 is 19.6 Å². The Morgan fingerprint density at radius 1 is 0.308 bits per heavy atom. The average Bonchev–Trinajstić information content (AvgIpc) is 3.20. The molecule has 0 aliphatic heterocycles. The van der Waals surface area contributed by atoms with Crippen LogP contribution in [0.15, 0.2) is 158 Å². The predicted octanol–water partition coefficient (Wildman–Crippen LogP) is 12.9. The molecule has 0 atom stereocenters. The van der Waals surface area contributed by atoms with Gasteiger partial charge in [0.15, 0.2) is 0 Å². The third kappa shape index (κ3) is 8.87. The van der Waals surface area contributed by atoms with E-state index >= 15 is 0 Å². The Labute approximate surface area is 312 Å². The molecule has 6 aromatic carbocycles. The summed E-state index contributed by atoms with van der Waals surface area (Å²) in [7, 11) is 0. The van der Waals surface area contributed by atoms with Crippen molar-refractivity contribution in [1.82, 2.24) is 0 Å². The molecule has 6 rings (SSSR count). The number of aryl methyl sites for hydroxylation is 2. The summed E-state index contributed by atoms with van der Waals surface area (Å²) < 4.78 is 0. The van der Waals surface area contributed by atoms with Gasteiger partial charge in [0.25, 0.3) is 0 Å². The third-order valence-electron chi connectivity index (χ3n) is 10.0. The lowest BCUT2D eigenvalue weighted by atomic mass is 10.0. The maximum atomic E-state index is 2.40. The van der Waals surface area contributed by atoms with Gasteiger partial charge >= 0.3 is 0 Å². The first-order valence-electron chi connectivity index (χ1n) is 19.2. The molecule has 0 saturated heterocycles. The fourth-order valence-corrected chi connectivity index (χ4v) is 7.17. The van der Waals surface area contributed by atoms with Crippen molar-refractivity contribution in [2.24, 2.45) is 0 Å². The molecule has 0 fully saturated rings. The van der Waals surface area contributed by atoms with E-state index < -0.39 is 0 Å². The Hall–Kier alpha value is -5.48. The average molecular weight is 687 g/mol. The van der Waals surface area contributed by atoms with Crippen molar-refractivity contribution >= 4 is 45.5 Å². The zero-order valence-corrected chi connectivity index (χ0v) is 31.5. The summed E-state index contributed by atoms with van der Waals surface area (Å²) in [5.41, 5.74) is 12.3. The van der Waals surface area contributed by atoms with Crippen LogP contribution in [0.25, 0.3) is 0 Å². The van der Waals surface area contributed by atoms with Gasteiger partial charge in [0, 0.05) is 71.7 Å². The molecule has 266 valence electrons. The van der Waals surface area contributed by atoms with Crippen LogP contribution in [0.4, 0.5) is 45.5 Å². The molecular formula is C48H54N4. The summed E-state index contributed by atoms with van der Waals surface area (Å²) >= 11 is 0. The molecule has 0 aromatic heterocycles. The summed E-state index contributed by atoms with van der Waals surface area (Å²) in [6, 6.07) is 57.6. The number of unbranched alkanes of at least 4 members (excludes halogenated alkanes) is 1. The lowest BCUT2D eigenvalue weighted by Crippen LogP contribution is -2.22. The van der Waals surface area contributed by atoms with Gasteiger partial charge in [-0.3, -0.25) is 0 Å². The van der Waals surface area contributed by atoms with Crippen molar-refractivity contribution in [3.63, 3.8) is 0 Å². The van der Waals surface area contributed by atoms with Crippen LogP contribution in [0.3, 0.4) is 0 Å². The zero-order chi connectivity index (χ0) is 36.1. The van der Waals surface area contributed by atoms with E-state index in [0.29, 0.717) is 0 Å². The molecule has 4 heteroatoms. The number of rotatable bonds is 17. The minimum Gasteiger partial charge on any atom is -0.372 e. The number of benzene rings is 6. The number of hydrogen-bond acceptors (Lipinski definition) is 4. The molecule has 0 spiro atoms. The summed E-state index contributed by atoms with van der Waals surface area (Å²) in [5, 5.41) is 0. The van der Waals surface area contributed by atoms with E-state index in [2.05, 4.69) is 205 Å². The van der Waals surface area contributed by atoms with Crippen LogP contribution in [-0.2, 0) is 12.8 Å². The lowest BCUT2D eigenvalue weighted by Gasteiger charge is -2.28. The van der Waals surface area contributed by atoms with Gasteiger partial charge in [0.2, 0.25) is 0 Å². The molecule has 0 saturated carbocycles. The Morgan fingerprint density at radius 2 is 0.654 bits per heavy atom. The quantitative estimate of drug-likeness (QED) is 0.0885. The Bertz CT molecular complexity index is 1820. The molecular weight excluding hydrogens is 633 g/mol. The van der Waals surface area contributed by atoms with Crippen molar-refractivity contribution in [1.29, 1.82) is 0 Å². The van der Waals surface area contributed by atoms with Crippen LogP contribution in [0.1, 0.15) is 51.7 Å². The molecule has 6 aromatic rings. The molecule has 0 amide bonds. The minimum atomic E-state index is 1.00. The van der Waals surface area contributed by atoms with Gasteiger partial charge in [0.05, 0.1) is 0 Å². The van der Waals surface area contributed by atoms with Gasteiger partial charge in [-0.2, -0.15) is 0 Å². The molecule has 0 N–H and O–H groups in total. The summed E-state index contributed by atoms with van der Waals surface area (Å²) in [5.74, 6) is 0. The summed E-state index contributed by atoms with van der Waals surface area (Å²) in [6.07, 6.45) is 4.41. The second-order valence-corrected chi connectivity index (χ2v) is 13.3. The monoisotopic (exact) mass is 686 g/mol. The highest BCUT2D eigenvalue weighted by molar-refractivity contribution is 5.79. The maximum Gasteiger partial charge on any atom is 0.0464 e. The normalized spacial score (nSPS) is 10.9. The Morgan fingerprint density at radius 3 is 1.10 bits per heavy atom. The van der Waals surface area contributed by atoms with Crippen molar-refractivity contribution in [3.8, 4) is 0 Å². The van der Waals surface area contributed by atoms with Crippen LogP contribution < -0.4 is 19.6 Å². The van der Waals surface area contributed by atoms with E-state index in [9.17, 15) is 0 Å². The van der Waals surface area contributed by atoms with Gasteiger partial charge in [-0.15, -0.1) is 0 Å². The Kier molecular flexibility index (Phi) is 12.7. The second kappa shape index (κ2) is 18.1. The van der Waals surface area contributed by atoms with Gasteiger partial charge in [-0.1, -0.05) is 60.7 Å². The van der Waals surface area contributed by atoms with E-state index in [1.165, 1.54) is 45.3 Å². The molecule has 0 unspecified atom stereocenters. The zero-order valence-electron chi connectivity index (χ0n) is 31.5. The molecule has 0 aliphatic carbocycles. The number of para-hydroxylation sites is 2. The number of nitrogens with zero attached hydrogens (tertiary/aromatic N) is 4. The van der Waals surface area contributed by atoms with Crippen molar-refractivity contribution in [3.05, 3.63) is 169 Å². The first-order valence-corrected chi connectivity index (χ1v) is 19.2. The van der Waals surface area contributed by atoms with Crippen LogP contribution in [0.5, 0.6) is 0 Å². The van der Waals surface area contributed by atoms with Gasteiger partial charge in [0.1, 0.15) is 0 Å². The predicted molar refractivity (Wildman–Crippen MR) is 226 cm³/mol. The van der Waals surface area contributed by atoms with Crippen LogP contribution >= 0.6 is 0 Å². The van der Waals surface area contributed by atoms with Crippen molar-refractivity contribution < 1.29 is 0 Å². The topological polar surface area (TPSA) is 13.0 Å².